The zero-order valence-corrected chi connectivity index (χ0v) is 20.3. The Morgan fingerprint density at radius 3 is 2.53 bits per heavy atom. The molecule has 32 heavy (non-hydrogen) atoms. The van der Waals surface area contributed by atoms with Crippen molar-refractivity contribution in [3.63, 3.8) is 0 Å². The average molecular weight is 501 g/mol. The van der Waals surface area contributed by atoms with Crippen LogP contribution in [0.3, 0.4) is 0 Å². The van der Waals surface area contributed by atoms with Gasteiger partial charge in [-0.15, -0.1) is 0 Å². The maximum atomic E-state index is 13.4. The van der Waals surface area contributed by atoms with Crippen LogP contribution in [0.4, 0.5) is 0 Å². The lowest BCUT2D eigenvalue weighted by Gasteiger charge is -2.28. The molecular weight excluding hydrogens is 472 g/mol. The summed E-state index contributed by atoms with van der Waals surface area (Å²) >= 11 is 3.36. The summed E-state index contributed by atoms with van der Waals surface area (Å²) in [7, 11) is 4.08. The van der Waals surface area contributed by atoms with Crippen molar-refractivity contribution >= 4 is 33.4 Å². The second-order valence-corrected chi connectivity index (χ2v) is 9.13. The molecule has 1 saturated heterocycles. The van der Waals surface area contributed by atoms with E-state index in [9.17, 15) is 14.7 Å². The fourth-order valence-electron chi connectivity index (χ4n) is 3.80. The topological polar surface area (TPSA) is 74.1 Å². The summed E-state index contributed by atoms with van der Waals surface area (Å²) in [4.78, 5) is 28.8. The molecule has 1 aliphatic heterocycles. The Balaban J connectivity index is 2.07. The lowest BCUT2D eigenvalue weighted by atomic mass is 9.95. The highest BCUT2D eigenvalue weighted by molar-refractivity contribution is 9.10. The van der Waals surface area contributed by atoms with E-state index in [1.54, 1.807) is 24.3 Å². The number of hydrogen-bond acceptors (Lipinski definition) is 4. The molecule has 2 aromatic rings. The molecule has 0 aliphatic carbocycles. The second kappa shape index (κ2) is 10.8. The first-order valence-corrected chi connectivity index (χ1v) is 11.7. The molecule has 0 saturated carbocycles. The fraction of sp³-hybridized carbons (Fsp3) is 0.360. The minimum atomic E-state index is -0.728. The van der Waals surface area contributed by atoms with Crippen molar-refractivity contribution in [1.29, 1.82) is 0 Å². The van der Waals surface area contributed by atoms with E-state index in [4.69, 9.17) is 4.74 Å². The van der Waals surface area contributed by atoms with E-state index in [1.165, 1.54) is 9.80 Å². The lowest BCUT2D eigenvalue weighted by Crippen LogP contribution is -3.05. The molecule has 1 unspecified atom stereocenters. The van der Waals surface area contributed by atoms with Crippen molar-refractivity contribution in [2.45, 2.75) is 25.8 Å². The van der Waals surface area contributed by atoms with Crippen LogP contribution in [0.2, 0.25) is 0 Å². The van der Waals surface area contributed by atoms with Crippen molar-refractivity contribution in [1.82, 2.24) is 4.90 Å². The summed E-state index contributed by atoms with van der Waals surface area (Å²) in [5.74, 6) is -1.10. The number of nitrogens with one attached hydrogen (secondary N) is 1. The zero-order valence-electron chi connectivity index (χ0n) is 18.7. The van der Waals surface area contributed by atoms with Gasteiger partial charge in [-0.25, -0.2) is 0 Å². The molecule has 2 aromatic carbocycles. The van der Waals surface area contributed by atoms with Gasteiger partial charge >= 0.3 is 0 Å². The maximum Gasteiger partial charge on any atom is 0.295 e. The largest absolute Gasteiger partial charge is 0.872 e. The van der Waals surface area contributed by atoms with Gasteiger partial charge in [0.05, 0.1) is 33.3 Å². The molecule has 6 nitrogen and oxygen atoms in total. The predicted molar refractivity (Wildman–Crippen MR) is 125 cm³/mol. The van der Waals surface area contributed by atoms with Crippen LogP contribution >= 0.6 is 15.9 Å². The number of rotatable bonds is 9. The average Bonchev–Trinajstić information content (AvgIpc) is 3.02. The Kier molecular flexibility index (Phi) is 8.10. The van der Waals surface area contributed by atoms with Crippen molar-refractivity contribution in [2.24, 2.45) is 0 Å². The number of hydrogen-bond donors (Lipinski definition) is 1. The van der Waals surface area contributed by atoms with Crippen LogP contribution in [-0.2, 0) is 9.59 Å². The highest BCUT2D eigenvalue weighted by atomic mass is 79.9. The minimum Gasteiger partial charge on any atom is -0.872 e. The van der Waals surface area contributed by atoms with Crippen LogP contribution in [0.5, 0.6) is 5.75 Å². The van der Waals surface area contributed by atoms with E-state index in [1.807, 2.05) is 45.3 Å². The van der Waals surface area contributed by atoms with Crippen LogP contribution in [-0.4, -0.2) is 50.4 Å². The molecule has 0 aromatic heterocycles. The number of carbonyl (C=O) groups is 2. The molecule has 0 radical (unpaired) electrons. The molecule has 0 bridgehead atoms. The second-order valence-electron chi connectivity index (χ2n) is 8.21. The van der Waals surface area contributed by atoms with Gasteiger partial charge in [-0.2, -0.15) is 0 Å². The van der Waals surface area contributed by atoms with E-state index in [-0.39, 0.29) is 5.57 Å². The van der Waals surface area contributed by atoms with E-state index in [2.05, 4.69) is 15.9 Å². The van der Waals surface area contributed by atoms with Crippen molar-refractivity contribution < 1.29 is 24.3 Å². The van der Waals surface area contributed by atoms with Gasteiger partial charge < -0.3 is 19.6 Å². The number of Topliss-reactive ketones (excluding diaryl/α,β-unsaturated/α-hetero) is 1. The first-order chi connectivity index (χ1) is 15.3. The van der Waals surface area contributed by atoms with E-state index < -0.39 is 23.5 Å². The quantitative estimate of drug-likeness (QED) is 0.324. The zero-order chi connectivity index (χ0) is 23.3. The molecule has 1 fully saturated rings. The van der Waals surface area contributed by atoms with Gasteiger partial charge in [0.2, 0.25) is 5.78 Å². The van der Waals surface area contributed by atoms with Gasteiger partial charge in [-0.1, -0.05) is 52.9 Å². The third-order valence-corrected chi connectivity index (χ3v) is 5.89. The molecule has 1 N–H and O–H groups in total. The summed E-state index contributed by atoms with van der Waals surface area (Å²) < 4.78 is 6.59. The predicted octanol–water partition coefficient (Wildman–Crippen LogP) is 2.00. The van der Waals surface area contributed by atoms with E-state index >= 15 is 0 Å². The molecule has 170 valence electrons. The van der Waals surface area contributed by atoms with Crippen molar-refractivity contribution in [3.8, 4) is 5.75 Å². The minimum absolute atomic E-state index is 0.00200. The van der Waals surface area contributed by atoms with Gasteiger partial charge in [0.1, 0.15) is 5.75 Å². The maximum absolute atomic E-state index is 13.4. The third-order valence-electron chi connectivity index (χ3n) is 5.36. The smallest absolute Gasteiger partial charge is 0.295 e. The highest BCUT2D eigenvalue weighted by Gasteiger charge is 2.44. The molecule has 1 heterocycles. The molecule has 1 amide bonds. The summed E-state index contributed by atoms with van der Waals surface area (Å²) in [5.41, 5.74) is 1.09. The SMILES string of the molecule is CCCOc1cccc(C2C(=C([O-])c3ccc(Br)cc3)C(=O)C(=O)N2CCC[NH+](C)C)c1. The van der Waals surface area contributed by atoms with Crippen molar-refractivity contribution in [2.75, 3.05) is 33.8 Å². The first kappa shape index (κ1) is 24.0. The van der Waals surface area contributed by atoms with Gasteiger partial charge in [-0.05, 0) is 41.8 Å². The van der Waals surface area contributed by atoms with Gasteiger partial charge in [0, 0.05) is 23.0 Å². The summed E-state index contributed by atoms with van der Waals surface area (Å²) in [6, 6.07) is 13.4. The molecule has 7 heteroatoms. The van der Waals surface area contributed by atoms with E-state index in [0.717, 1.165) is 23.9 Å². The number of ketones is 1. The van der Waals surface area contributed by atoms with Crippen LogP contribution in [0, 0.1) is 0 Å². The normalized spacial score (nSPS) is 17.9. The van der Waals surface area contributed by atoms with Gasteiger partial charge in [0.25, 0.3) is 5.91 Å². The van der Waals surface area contributed by atoms with Crippen molar-refractivity contribution in [3.05, 3.63) is 69.7 Å². The van der Waals surface area contributed by atoms with Crippen LogP contribution in [0.25, 0.3) is 5.76 Å². The number of amides is 1. The van der Waals surface area contributed by atoms with Gasteiger partial charge in [-0.3, -0.25) is 9.59 Å². The Hall–Kier alpha value is -2.64. The summed E-state index contributed by atoms with van der Waals surface area (Å²) in [6.45, 7) is 3.84. The molecule has 1 aliphatic rings. The summed E-state index contributed by atoms with van der Waals surface area (Å²) in [6.07, 6.45) is 1.59. The first-order valence-electron chi connectivity index (χ1n) is 10.9. The lowest BCUT2D eigenvalue weighted by molar-refractivity contribution is -0.858. The third kappa shape index (κ3) is 5.40. The standard InChI is InChI=1S/C25H29BrN2O4/c1-4-15-32-20-8-5-7-18(16-20)22-21(23(29)17-9-11-19(26)12-10-17)24(30)25(31)28(22)14-6-13-27(2)3/h5,7-12,16,22,29H,4,6,13-15H2,1-3H3. The summed E-state index contributed by atoms with van der Waals surface area (Å²) in [5, 5.41) is 13.4. The van der Waals surface area contributed by atoms with Crippen LogP contribution in [0.15, 0.2) is 58.6 Å². The number of likely N-dealkylation sites (tertiary alicyclic amines) is 1. The number of halogens is 1. The number of carbonyl (C=O) groups excluding carboxylic acids is 2. The Labute approximate surface area is 197 Å². The number of nitrogens with zero attached hydrogens (tertiary/aromatic N) is 1. The number of quaternary nitrogens is 1. The molecule has 3 rings (SSSR count). The number of benzene rings is 2. The Morgan fingerprint density at radius 1 is 1.16 bits per heavy atom. The Morgan fingerprint density at radius 2 is 1.88 bits per heavy atom. The monoisotopic (exact) mass is 500 g/mol. The van der Waals surface area contributed by atoms with Gasteiger partial charge in [0.15, 0.2) is 0 Å². The van der Waals surface area contributed by atoms with E-state index in [0.29, 0.717) is 30.0 Å². The van der Waals surface area contributed by atoms with Crippen LogP contribution < -0.4 is 14.7 Å². The molecule has 0 spiro atoms. The molecular formula is C25H29BrN2O4. The van der Waals surface area contributed by atoms with Crippen LogP contribution in [0.1, 0.15) is 36.9 Å². The molecule has 1 atom stereocenters. The fourth-order valence-corrected chi connectivity index (χ4v) is 4.07. The number of ether oxygens (including phenoxy) is 1. The highest BCUT2D eigenvalue weighted by Crippen LogP contribution is 2.39. The Bertz CT molecular complexity index is 1000.